The SMILES string of the molecule is N#Cc1nnn(Cc2ccc(F)cc2)c1-c1ccc(Cl)cc1. The Balaban J connectivity index is 2.02. The summed E-state index contributed by atoms with van der Waals surface area (Å²) in [5, 5.41) is 17.7. The largest absolute Gasteiger partial charge is 0.239 e. The molecule has 0 N–H and O–H groups in total. The van der Waals surface area contributed by atoms with Crippen LogP contribution in [0.15, 0.2) is 48.5 Å². The number of nitrogens with zero attached hydrogens (tertiary/aromatic N) is 4. The van der Waals surface area contributed by atoms with Crippen LogP contribution in [0.25, 0.3) is 11.3 Å². The fraction of sp³-hybridized carbons (Fsp3) is 0.0625. The van der Waals surface area contributed by atoms with Crippen LogP contribution in [-0.4, -0.2) is 15.0 Å². The minimum atomic E-state index is -0.294. The summed E-state index contributed by atoms with van der Waals surface area (Å²) in [6, 6.07) is 15.3. The molecule has 3 rings (SSSR count). The second-order valence-electron chi connectivity index (χ2n) is 4.69. The monoisotopic (exact) mass is 312 g/mol. The molecule has 0 radical (unpaired) electrons. The van der Waals surface area contributed by atoms with Gasteiger partial charge < -0.3 is 0 Å². The summed E-state index contributed by atoms with van der Waals surface area (Å²) >= 11 is 5.89. The van der Waals surface area contributed by atoms with Crippen molar-refractivity contribution < 1.29 is 4.39 Å². The van der Waals surface area contributed by atoms with Crippen molar-refractivity contribution >= 4 is 11.6 Å². The zero-order valence-electron chi connectivity index (χ0n) is 11.4. The zero-order chi connectivity index (χ0) is 15.5. The van der Waals surface area contributed by atoms with Crippen LogP contribution in [0.1, 0.15) is 11.3 Å². The van der Waals surface area contributed by atoms with Gasteiger partial charge in [-0.15, -0.1) is 5.10 Å². The molecule has 0 unspecified atom stereocenters. The van der Waals surface area contributed by atoms with Crippen molar-refractivity contribution in [3.63, 3.8) is 0 Å². The molecular formula is C16H10ClFN4. The van der Waals surface area contributed by atoms with Gasteiger partial charge in [-0.3, -0.25) is 0 Å². The van der Waals surface area contributed by atoms with Crippen molar-refractivity contribution in [3.05, 3.63) is 70.6 Å². The highest BCUT2D eigenvalue weighted by molar-refractivity contribution is 6.30. The fourth-order valence-corrected chi connectivity index (χ4v) is 2.28. The van der Waals surface area contributed by atoms with E-state index in [1.54, 1.807) is 28.9 Å². The summed E-state index contributed by atoms with van der Waals surface area (Å²) in [6.07, 6.45) is 0. The van der Waals surface area contributed by atoms with Crippen LogP contribution in [0.2, 0.25) is 5.02 Å². The zero-order valence-corrected chi connectivity index (χ0v) is 12.1. The van der Waals surface area contributed by atoms with Gasteiger partial charge in [0.2, 0.25) is 0 Å². The van der Waals surface area contributed by atoms with E-state index in [-0.39, 0.29) is 11.5 Å². The first kappa shape index (κ1) is 14.2. The van der Waals surface area contributed by atoms with Gasteiger partial charge in [0, 0.05) is 10.6 Å². The molecule has 0 aliphatic rings. The summed E-state index contributed by atoms with van der Waals surface area (Å²) in [5.41, 5.74) is 2.52. The Labute approximate surface area is 131 Å². The maximum atomic E-state index is 13.0. The molecule has 0 fully saturated rings. The van der Waals surface area contributed by atoms with E-state index in [1.165, 1.54) is 12.1 Å². The minimum Gasteiger partial charge on any atom is -0.239 e. The first-order valence-electron chi connectivity index (χ1n) is 6.51. The average molecular weight is 313 g/mol. The number of nitriles is 1. The van der Waals surface area contributed by atoms with Gasteiger partial charge in [-0.1, -0.05) is 41.1 Å². The van der Waals surface area contributed by atoms with E-state index in [0.29, 0.717) is 17.3 Å². The molecule has 108 valence electrons. The molecule has 1 aromatic heterocycles. The maximum Gasteiger partial charge on any atom is 0.190 e. The molecule has 2 aromatic carbocycles. The topological polar surface area (TPSA) is 54.5 Å². The lowest BCUT2D eigenvalue weighted by Crippen LogP contribution is -2.04. The van der Waals surface area contributed by atoms with Gasteiger partial charge in [0.25, 0.3) is 0 Å². The van der Waals surface area contributed by atoms with Crippen LogP contribution >= 0.6 is 11.6 Å². The van der Waals surface area contributed by atoms with E-state index in [1.807, 2.05) is 18.2 Å². The molecule has 0 saturated heterocycles. The van der Waals surface area contributed by atoms with Gasteiger partial charge in [0.1, 0.15) is 17.6 Å². The molecule has 0 spiro atoms. The van der Waals surface area contributed by atoms with E-state index >= 15 is 0 Å². The van der Waals surface area contributed by atoms with Crippen LogP contribution in [0.3, 0.4) is 0 Å². The molecule has 6 heteroatoms. The number of halogens is 2. The summed E-state index contributed by atoms with van der Waals surface area (Å²) in [7, 11) is 0. The molecule has 4 nitrogen and oxygen atoms in total. The second kappa shape index (κ2) is 5.96. The van der Waals surface area contributed by atoms with Crippen LogP contribution in [0.5, 0.6) is 0 Å². The quantitative estimate of drug-likeness (QED) is 0.741. The van der Waals surface area contributed by atoms with Gasteiger partial charge in [-0.2, -0.15) is 5.26 Å². The van der Waals surface area contributed by atoms with Crippen LogP contribution in [0, 0.1) is 17.1 Å². The second-order valence-corrected chi connectivity index (χ2v) is 5.13. The van der Waals surface area contributed by atoms with Gasteiger partial charge >= 0.3 is 0 Å². The molecule has 0 atom stereocenters. The highest BCUT2D eigenvalue weighted by atomic mass is 35.5. The Morgan fingerprint density at radius 3 is 2.41 bits per heavy atom. The highest BCUT2D eigenvalue weighted by Crippen LogP contribution is 2.24. The number of hydrogen-bond donors (Lipinski definition) is 0. The average Bonchev–Trinajstić information content (AvgIpc) is 2.93. The van der Waals surface area contributed by atoms with Crippen LogP contribution < -0.4 is 0 Å². The van der Waals surface area contributed by atoms with Crippen LogP contribution in [0.4, 0.5) is 4.39 Å². The molecule has 1 heterocycles. The molecular weight excluding hydrogens is 303 g/mol. The fourth-order valence-electron chi connectivity index (χ4n) is 2.16. The third kappa shape index (κ3) is 2.83. The molecule has 0 bridgehead atoms. The third-order valence-corrected chi connectivity index (χ3v) is 3.46. The molecule has 0 amide bonds. The Morgan fingerprint density at radius 1 is 1.09 bits per heavy atom. The lowest BCUT2D eigenvalue weighted by Gasteiger charge is -2.07. The number of rotatable bonds is 3. The van der Waals surface area contributed by atoms with Crippen molar-refractivity contribution in [1.29, 1.82) is 5.26 Å². The first-order valence-corrected chi connectivity index (χ1v) is 6.89. The Bertz CT molecular complexity index is 832. The number of benzene rings is 2. The van der Waals surface area contributed by atoms with Gasteiger partial charge in [-0.05, 0) is 29.8 Å². The van der Waals surface area contributed by atoms with E-state index in [4.69, 9.17) is 11.6 Å². The minimum absolute atomic E-state index is 0.240. The number of aromatic nitrogens is 3. The van der Waals surface area contributed by atoms with E-state index < -0.39 is 0 Å². The summed E-state index contributed by atoms with van der Waals surface area (Å²) in [5.74, 6) is -0.294. The van der Waals surface area contributed by atoms with Gasteiger partial charge in [0.15, 0.2) is 5.69 Å². The molecule has 0 saturated carbocycles. The van der Waals surface area contributed by atoms with Gasteiger partial charge in [-0.25, -0.2) is 9.07 Å². The normalized spacial score (nSPS) is 10.4. The van der Waals surface area contributed by atoms with Crippen molar-refractivity contribution in [2.75, 3.05) is 0 Å². The van der Waals surface area contributed by atoms with Crippen molar-refractivity contribution in [2.24, 2.45) is 0 Å². The van der Waals surface area contributed by atoms with Crippen molar-refractivity contribution in [1.82, 2.24) is 15.0 Å². The Hall–Kier alpha value is -2.71. The van der Waals surface area contributed by atoms with Crippen molar-refractivity contribution in [3.8, 4) is 17.3 Å². The first-order chi connectivity index (χ1) is 10.7. The molecule has 22 heavy (non-hydrogen) atoms. The Kier molecular flexibility index (Phi) is 3.86. The van der Waals surface area contributed by atoms with E-state index in [9.17, 15) is 9.65 Å². The van der Waals surface area contributed by atoms with E-state index in [0.717, 1.165) is 11.1 Å². The summed E-state index contributed by atoms with van der Waals surface area (Å²) in [6.45, 7) is 0.396. The molecule has 0 aliphatic carbocycles. The molecule has 0 aliphatic heterocycles. The Morgan fingerprint density at radius 2 is 1.77 bits per heavy atom. The summed E-state index contributed by atoms with van der Waals surface area (Å²) in [4.78, 5) is 0. The van der Waals surface area contributed by atoms with E-state index in [2.05, 4.69) is 10.3 Å². The lowest BCUT2D eigenvalue weighted by atomic mass is 10.1. The lowest BCUT2D eigenvalue weighted by molar-refractivity contribution is 0.622. The smallest absolute Gasteiger partial charge is 0.190 e. The standard InChI is InChI=1S/C16H10ClFN4/c17-13-5-3-12(4-6-13)16-15(9-19)20-21-22(16)10-11-1-7-14(18)8-2-11/h1-8H,10H2. The number of hydrogen-bond acceptors (Lipinski definition) is 3. The third-order valence-electron chi connectivity index (χ3n) is 3.20. The molecule has 3 aromatic rings. The summed E-state index contributed by atoms with van der Waals surface area (Å²) < 4.78 is 14.6. The predicted octanol–water partition coefficient (Wildman–Crippen LogP) is 3.66. The van der Waals surface area contributed by atoms with Crippen LogP contribution in [-0.2, 0) is 6.54 Å². The van der Waals surface area contributed by atoms with Gasteiger partial charge in [0.05, 0.1) is 6.54 Å². The maximum absolute atomic E-state index is 13.0. The predicted molar refractivity (Wildman–Crippen MR) is 80.7 cm³/mol. The van der Waals surface area contributed by atoms with Crippen molar-refractivity contribution in [2.45, 2.75) is 6.54 Å². The highest BCUT2D eigenvalue weighted by Gasteiger charge is 2.15.